The van der Waals surface area contributed by atoms with Crippen molar-refractivity contribution in [2.75, 3.05) is 0 Å². The average molecular weight is 120 g/mol. The third-order valence-electron chi connectivity index (χ3n) is 0.139. The quantitative estimate of drug-likeness (QED) is 0.251. The third kappa shape index (κ3) is 3.84. The van der Waals surface area contributed by atoms with Crippen LogP contribution < -0.4 is 0 Å². The molecule has 0 aromatic carbocycles. The number of hydrogen-bond donors (Lipinski definition) is 1. The fourth-order valence-electron chi connectivity index (χ4n) is 0.0424. The van der Waals surface area contributed by atoms with Crippen molar-refractivity contribution in [3.63, 3.8) is 0 Å². The monoisotopic (exact) mass is 120 g/mol. The Morgan fingerprint density at radius 1 is 2.00 bits per heavy atom. The van der Waals surface area contributed by atoms with E-state index in [0.29, 0.717) is 8.06 Å². The van der Waals surface area contributed by atoms with E-state index in [4.69, 9.17) is 10.7 Å². The van der Waals surface area contributed by atoms with Gasteiger partial charge in [0.2, 0.25) is 0 Å². The summed E-state index contributed by atoms with van der Waals surface area (Å²) < 4.78 is 0. The van der Waals surface area contributed by atoms with E-state index >= 15 is 0 Å². The third-order valence-corrected chi connectivity index (χ3v) is 0.987. The topological polar surface area (TPSA) is 72.6 Å². The van der Waals surface area contributed by atoms with Crippen molar-refractivity contribution in [1.29, 1.82) is 5.16 Å². The molecule has 6 heavy (non-hydrogen) atoms. The Labute approximate surface area is 38.0 Å². The smallest absolute Gasteiger partial charge is 0.0450 e. The van der Waals surface area contributed by atoms with E-state index in [1.54, 1.807) is 0 Å². The fraction of sp³-hybridized carbons (Fsp3) is 0. The lowest BCUT2D eigenvalue weighted by atomic mass is 13.0. The van der Waals surface area contributed by atoms with Gasteiger partial charge in [0.1, 0.15) is 0 Å². The molecular formula is H2N4P2. The van der Waals surface area contributed by atoms with Crippen LogP contribution in [0.15, 0.2) is 4.88 Å². The number of azide groups is 1. The van der Waals surface area contributed by atoms with Gasteiger partial charge in [-0.05, 0) is 5.53 Å². The average Bonchev–Trinajstić information content (AvgIpc) is 1.61. The van der Waals surface area contributed by atoms with E-state index in [0.717, 1.165) is 0 Å². The molecule has 0 heterocycles. The van der Waals surface area contributed by atoms with E-state index in [2.05, 4.69) is 9.80 Å². The van der Waals surface area contributed by atoms with E-state index in [1.165, 1.54) is 0 Å². The van der Waals surface area contributed by atoms with Gasteiger partial charge in [0.15, 0.2) is 0 Å². The summed E-state index contributed by atoms with van der Waals surface area (Å²) >= 11 is 0. The van der Waals surface area contributed by atoms with Crippen LogP contribution >= 0.6 is 16.5 Å². The maximum atomic E-state index is 7.57. The Hall–Kier alpha value is -0.160. The highest BCUT2D eigenvalue weighted by Crippen LogP contribution is 2.27. The summed E-state index contributed by atoms with van der Waals surface area (Å²) in [6.07, 6.45) is 0. The van der Waals surface area contributed by atoms with Crippen LogP contribution in [0.4, 0.5) is 0 Å². The van der Waals surface area contributed by atoms with Gasteiger partial charge in [0.25, 0.3) is 0 Å². The zero-order valence-electron chi connectivity index (χ0n) is 2.79. The standard InChI is InChI=1S/H2N4P2/c1-3-4-6-5-2/h2,6H. The van der Waals surface area contributed by atoms with Gasteiger partial charge < -0.3 is 0 Å². The summed E-state index contributed by atoms with van der Waals surface area (Å²) in [5.74, 6) is 0. The van der Waals surface area contributed by atoms with Gasteiger partial charge in [-0.1, -0.05) is 4.88 Å². The van der Waals surface area contributed by atoms with Gasteiger partial charge in [0, 0.05) is 21.4 Å². The Morgan fingerprint density at radius 2 is 2.67 bits per heavy atom. The molecule has 0 aromatic heterocycles. The van der Waals surface area contributed by atoms with E-state index in [-0.39, 0.29) is 8.42 Å². The summed E-state index contributed by atoms with van der Waals surface area (Å²) in [4.78, 5) is 5.53. The molecule has 0 saturated heterocycles. The molecule has 0 aliphatic rings. The second-order valence-corrected chi connectivity index (χ2v) is 2.30. The molecule has 0 amide bonds. The van der Waals surface area contributed by atoms with E-state index in [9.17, 15) is 0 Å². The molecule has 1 N–H and O–H groups in total. The molecule has 0 bridgehead atoms. The number of nitrogens with one attached hydrogen (secondary N) is 1. The second-order valence-electron chi connectivity index (χ2n) is 0.401. The van der Waals surface area contributed by atoms with Crippen LogP contribution in [0, 0.1) is 5.16 Å². The van der Waals surface area contributed by atoms with Crippen LogP contribution in [0.2, 0.25) is 0 Å². The molecule has 1 atom stereocenters. The van der Waals surface area contributed by atoms with E-state index < -0.39 is 0 Å². The van der Waals surface area contributed by atoms with Crippen LogP contribution in [0.3, 0.4) is 0 Å². The Morgan fingerprint density at radius 3 is 2.83 bits per heavy atom. The molecule has 0 aromatic rings. The highest BCUT2D eigenvalue weighted by atomic mass is 32.0. The van der Waals surface area contributed by atoms with Gasteiger partial charge in [-0.25, -0.2) is 0 Å². The van der Waals surface area contributed by atoms with Crippen LogP contribution in [-0.2, 0) is 0 Å². The first-order valence-electron chi connectivity index (χ1n) is 1.07. The predicted molar refractivity (Wildman–Crippen MR) is 27.1 cm³/mol. The number of hydrogen-bond acceptors (Lipinski definition) is 2. The first-order valence-corrected chi connectivity index (χ1v) is 3.75. The lowest BCUT2D eigenvalue weighted by Gasteiger charge is -1.61. The number of rotatable bonds is 2. The molecule has 0 fully saturated rings. The van der Waals surface area contributed by atoms with Crippen molar-refractivity contribution in [3.8, 4) is 0 Å². The molecule has 0 radical (unpaired) electrons. The molecule has 6 heteroatoms. The lowest BCUT2D eigenvalue weighted by molar-refractivity contribution is 1.66. The van der Waals surface area contributed by atoms with Gasteiger partial charge in [-0.15, -0.1) is 0 Å². The van der Waals surface area contributed by atoms with Crippen molar-refractivity contribution in [2.24, 2.45) is 4.88 Å². The number of nitrogens with zero attached hydrogens (tertiary/aromatic N) is 3. The van der Waals surface area contributed by atoms with Crippen molar-refractivity contribution >= 4 is 16.5 Å². The molecule has 0 saturated carbocycles. The minimum atomic E-state index is 0.0621. The first kappa shape index (κ1) is 5.84. The minimum absolute atomic E-state index is 0.0621. The molecule has 32 valence electrons. The fourth-order valence-corrected chi connectivity index (χ4v) is 0.381. The summed E-state index contributed by atoms with van der Waals surface area (Å²) in [5, 5.41) is 6.43. The van der Waals surface area contributed by atoms with Crippen molar-refractivity contribution in [2.45, 2.75) is 0 Å². The SMILES string of the molecule is [N-]=[N+]=NPP=N. The highest BCUT2D eigenvalue weighted by molar-refractivity contribution is 8.05. The maximum Gasteiger partial charge on any atom is 0.0450 e. The van der Waals surface area contributed by atoms with Crippen LogP contribution in [-0.4, -0.2) is 0 Å². The van der Waals surface area contributed by atoms with Crippen LogP contribution in [0.25, 0.3) is 10.4 Å². The molecular weight excluding hydrogens is 118 g/mol. The zero-order chi connectivity index (χ0) is 4.83. The Bertz CT molecular complexity index is 79.5. The second kappa shape index (κ2) is 4.84. The molecule has 1 unspecified atom stereocenters. The van der Waals surface area contributed by atoms with Crippen LogP contribution in [0.1, 0.15) is 0 Å². The summed E-state index contributed by atoms with van der Waals surface area (Å²) in [5.41, 5.74) is 7.57. The summed E-state index contributed by atoms with van der Waals surface area (Å²) in [6.45, 7) is 0. The van der Waals surface area contributed by atoms with Crippen molar-refractivity contribution in [3.05, 3.63) is 10.4 Å². The Balaban J connectivity index is 3.07. The normalized spacial score (nSPS) is 9.33. The molecule has 0 rings (SSSR count). The minimum Gasteiger partial charge on any atom is -0.279 e. The summed E-state index contributed by atoms with van der Waals surface area (Å²) in [6, 6.07) is 0. The van der Waals surface area contributed by atoms with Gasteiger partial charge >= 0.3 is 0 Å². The van der Waals surface area contributed by atoms with Crippen molar-refractivity contribution in [1.82, 2.24) is 0 Å². The maximum absolute atomic E-state index is 7.57. The first-order chi connectivity index (χ1) is 2.91. The molecule has 0 spiro atoms. The van der Waals surface area contributed by atoms with Gasteiger partial charge in [0.05, 0.1) is 0 Å². The zero-order valence-corrected chi connectivity index (χ0v) is 4.68. The van der Waals surface area contributed by atoms with Crippen molar-refractivity contribution < 1.29 is 0 Å². The Kier molecular flexibility index (Phi) is 4.71. The largest absolute Gasteiger partial charge is 0.279 e. The van der Waals surface area contributed by atoms with Gasteiger partial charge in [-0.2, -0.15) is 0 Å². The molecule has 4 nitrogen and oxygen atoms in total. The predicted octanol–water partition coefficient (Wildman–Crippen LogP) is 2.51. The highest BCUT2D eigenvalue weighted by Gasteiger charge is 1.60. The van der Waals surface area contributed by atoms with E-state index in [1.807, 2.05) is 0 Å². The van der Waals surface area contributed by atoms with Gasteiger partial charge in [-0.3, -0.25) is 5.16 Å². The lowest BCUT2D eigenvalue weighted by Crippen LogP contribution is -1.09. The molecule has 0 aliphatic heterocycles. The summed E-state index contributed by atoms with van der Waals surface area (Å²) in [7, 11) is 0.465. The molecule has 0 aliphatic carbocycles. The van der Waals surface area contributed by atoms with Crippen LogP contribution in [0.5, 0.6) is 0 Å².